The fraction of sp³-hybridized carbons (Fsp3) is 0.375. The van der Waals surface area contributed by atoms with E-state index in [1.165, 1.54) is 12.1 Å². The molecule has 0 aliphatic carbocycles. The molecule has 1 heterocycles. The number of halogens is 2. The van der Waals surface area contributed by atoms with Crippen LogP contribution >= 0.6 is 11.6 Å². The van der Waals surface area contributed by atoms with Gasteiger partial charge in [0.2, 0.25) is 5.91 Å². The van der Waals surface area contributed by atoms with Crippen molar-refractivity contribution in [1.29, 1.82) is 0 Å². The zero-order valence-electron chi connectivity index (χ0n) is 12.9. The van der Waals surface area contributed by atoms with E-state index in [2.05, 4.69) is 5.10 Å². The van der Waals surface area contributed by atoms with Crippen LogP contribution in [0.2, 0.25) is 5.02 Å². The molecule has 0 spiro atoms. The molecule has 1 aromatic heterocycles. The first kappa shape index (κ1) is 16.5. The normalized spacial score (nSPS) is 12.4. The van der Waals surface area contributed by atoms with Gasteiger partial charge in [0.05, 0.1) is 11.6 Å². The maximum absolute atomic E-state index is 13.2. The molecule has 1 unspecified atom stereocenters. The number of hydrogen-bond acceptors (Lipinski definition) is 2. The average Bonchev–Trinajstić information content (AvgIpc) is 2.73. The molecule has 0 fully saturated rings. The fourth-order valence-electron chi connectivity index (χ4n) is 2.78. The molecule has 1 aromatic carbocycles. The molecule has 4 nitrogen and oxygen atoms in total. The van der Waals surface area contributed by atoms with Gasteiger partial charge in [-0.25, -0.2) is 4.39 Å². The molecule has 118 valence electrons. The van der Waals surface area contributed by atoms with E-state index in [1.807, 2.05) is 25.5 Å². The lowest BCUT2D eigenvalue weighted by Gasteiger charge is -2.15. The van der Waals surface area contributed by atoms with Crippen LogP contribution in [0.25, 0.3) is 0 Å². The SMILES string of the molecule is CCn1nc(C)c(C(Cc2ccc(F)cc2Cl)C(N)=O)c1C. The maximum Gasteiger partial charge on any atom is 0.225 e. The van der Waals surface area contributed by atoms with Crippen molar-refractivity contribution in [3.63, 3.8) is 0 Å². The summed E-state index contributed by atoms with van der Waals surface area (Å²) in [5, 5.41) is 4.72. The smallest absolute Gasteiger partial charge is 0.225 e. The standard InChI is InChI=1S/C16H19ClFN3O/c1-4-21-10(3)15(9(2)20-21)13(16(19)22)7-11-5-6-12(18)8-14(11)17/h5-6,8,13H,4,7H2,1-3H3,(H2,19,22). The molecule has 0 saturated heterocycles. The summed E-state index contributed by atoms with van der Waals surface area (Å²) in [4.78, 5) is 12.0. The third kappa shape index (κ3) is 3.14. The lowest BCUT2D eigenvalue weighted by atomic mass is 9.90. The van der Waals surface area contributed by atoms with Crippen molar-refractivity contribution in [3.05, 3.63) is 51.6 Å². The van der Waals surface area contributed by atoms with Crippen LogP contribution in [0.1, 0.15) is 35.4 Å². The van der Waals surface area contributed by atoms with Crippen molar-refractivity contribution >= 4 is 17.5 Å². The molecule has 0 radical (unpaired) electrons. The van der Waals surface area contributed by atoms with Gasteiger partial charge in [-0.05, 0) is 44.9 Å². The lowest BCUT2D eigenvalue weighted by molar-refractivity contribution is -0.119. The zero-order chi connectivity index (χ0) is 16.4. The number of rotatable bonds is 5. The van der Waals surface area contributed by atoms with Crippen molar-refractivity contribution in [2.75, 3.05) is 0 Å². The summed E-state index contributed by atoms with van der Waals surface area (Å²) in [6.07, 6.45) is 0.325. The van der Waals surface area contributed by atoms with Crippen LogP contribution in [0.4, 0.5) is 4.39 Å². The Kier molecular flexibility index (Phi) is 4.86. The second-order valence-corrected chi connectivity index (χ2v) is 5.70. The number of carbonyl (C=O) groups is 1. The Bertz CT molecular complexity index is 712. The summed E-state index contributed by atoms with van der Waals surface area (Å²) in [7, 11) is 0. The van der Waals surface area contributed by atoms with Crippen molar-refractivity contribution < 1.29 is 9.18 Å². The minimum atomic E-state index is -0.539. The maximum atomic E-state index is 13.2. The highest BCUT2D eigenvalue weighted by Gasteiger charge is 2.26. The van der Waals surface area contributed by atoms with Crippen LogP contribution < -0.4 is 5.73 Å². The molecular weight excluding hydrogens is 305 g/mol. The lowest BCUT2D eigenvalue weighted by Crippen LogP contribution is -2.24. The minimum absolute atomic E-state index is 0.296. The Morgan fingerprint density at radius 1 is 1.45 bits per heavy atom. The molecule has 2 aromatic rings. The predicted molar refractivity (Wildman–Crippen MR) is 84.4 cm³/mol. The van der Waals surface area contributed by atoms with Gasteiger partial charge < -0.3 is 5.73 Å². The summed E-state index contributed by atoms with van der Waals surface area (Å²) in [5.74, 6) is -1.39. The van der Waals surface area contributed by atoms with Gasteiger partial charge in [-0.1, -0.05) is 17.7 Å². The molecule has 2 N–H and O–H groups in total. The van der Waals surface area contributed by atoms with Crippen LogP contribution in [0.15, 0.2) is 18.2 Å². The summed E-state index contributed by atoms with van der Waals surface area (Å²) < 4.78 is 15.0. The number of hydrogen-bond donors (Lipinski definition) is 1. The van der Waals surface area contributed by atoms with Crippen LogP contribution in [-0.2, 0) is 17.8 Å². The van der Waals surface area contributed by atoms with Gasteiger partial charge >= 0.3 is 0 Å². The van der Waals surface area contributed by atoms with E-state index in [0.29, 0.717) is 17.0 Å². The summed E-state index contributed by atoms with van der Waals surface area (Å²) in [6.45, 7) is 6.48. The van der Waals surface area contributed by atoms with Gasteiger partial charge in [-0.15, -0.1) is 0 Å². The molecule has 0 saturated carbocycles. The summed E-state index contributed by atoms with van der Waals surface area (Å²) in [5.41, 5.74) is 8.81. The van der Waals surface area contributed by atoms with E-state index in [9.17, 15) is 9.18 Å². The van der Waals surface area contributed by atoms with Crippen molar-refractivity contribution in [2.24, 2.45) is 5.73 Å². The van der Waals surface area contributed by atoms with Gasteiger partial charge in [-0.3, -0.25) is 9.48 Å². The number of nitrogens with two attached hydrogens (primary N) is 1. The number of amides is 1. The highest BCUT2D eigenvalue weighted by atomic mass is 35.5. The molecule has 2 rings (SSSR count). The van der Waals surface area contributed by atoms with Gasteiger partial charge in [0.1, 0.15) is 5.82 Å². The Morgan fingerprint density at radius 2 is 2.14 bits per heavy atom. The Labute approximate surface area is 134 Å². The van der Waals surface area contributed by atoms with E-state index in [1.54, 1.807) is 6.07 Å². The first-order valence-electron chi connectivity index (χ1n) is 7.12. The number of carbonyl (C=O) groups excluding carboxylic acids is 1. The van der Waals surface area contributed by atoms with E-state index in [-0.39, 0.29) is 0 Å². The quantitative estimate of drug-likeness (QED) is 0.919. The molecule has 0 bridgehead atoms. The third-order valence-electron chi connectivity index (χ3n) is 3.87. The highest BCUT2D eigenvalue weighted by molar-refractivity contribution is 6.31. The molecule has 0 aliphatic rings. The topological polar surface area (TPSA) is 60.9 Å². The number of nitrogens with zero attached hydrogens (tertiary/aromatic N) is 2. The largest absolute Gasteiger partial charge is 0.369 e. The van der Waals surface area contributed by atoms with Crippen LogP contribution in [0.5, 0.6) is 0 Å². The van der Waals surface area contributed by atoms with Gasteiger partial charge in [0.25, 0.3) is 0 Å². The van der Waals surface area contributed by atoms with Crippen molar-refractivity contribution in [3.8, 4) is 0 Å². The van der Waals surface area contributed by atoms with Crippen molar-refractivity contribution in [2.45, 2.75) is 39.7 Å². The number of aromatic nitrogens is 2. The molecule has 6 heteroatoms. The van der Waals surface area contributed by atoms with Crippen LogP contribution in [0, 0.1) is 19.7 Å². The Hall–Kier alpha value is -1.88. The molecule has 22 heavy (non-hydrogen) atoms. The number of primary amides is 1. The Balaban J connectivity index is 2.43. The zero-order valence-corrected chi connectivity index (χ0v) is 13.6. The average molecular weight is 324 g/mol. The van der Waals surface area contributed by atoms with E-state index in [4.69, 9.17) is 17.3 Å². The monoisotopic (exact) mass is 323 g/mol. The highest BCUT2D eigenvalue weighted by Crippen LogP contribution is 2.29. The van der Waals surface area contributed by atoms with Gasteiger partial charge in [0.15, 0.2) is 0 Å². The fourth-order valence-corrected chi connectivity index (χ4v) is 3.02. The summed E-state index contributed by atoms with van der Waals surface area (Å²) >= 11 is 6.06. The molecule has 1 atom stereocenters. The second-order valence-electron chi connectivity index (χ2n) is 5.30. The molecule has 1 amide bonds. The summed E-state index contributed by atoms with van der Waals surface area (Å²) in [6, 6.07) is 4.15. The number of benzene rings is 1. The first-order valence-corrected chi connectivity index (χ1v) is 7.50. The van der Waals surface area contributed by atoms with Crippen LogP contribution in [0.3, 0.4) is 0 Å². The third-order valence-corrected chi connectivity index (χ3v) is 4.22. The van der Waals surface area contributed by atoms with E-state index >= 15 is 0 Å². The first-order chi connectivity index (χ1) is 10.3. The molecular formula is C16H19ClFN3O. The Morgan fingerprint density at radius 3 is 2.64 bits per heavy atom. The second kappa shape index (κ2) is 6.48. The minimum Gasteiger partial charge on any atom is -0.369 e. The van der Waals surface area contributed by atoms with E-state index < -0.39 is 17.6 Å². The van der Waals surface area contributed by atoms with E-state index in [0.717, 1.165) is 23.5 Å². The number of aryl methyl sites for hydroxylation is 2. The molecule has 0 aliphatic heterocycles. The van der Waals surface area contributed by atoms with Gasteiger partial charge in [-0.2, -0.15) is 5.10 Å². The predicted octanol–water partition coefficient (Wildman–Crippen LogP) is 3.12. The van der Waals surface area contributed by atoms with Gasteiger partial charge in [0, 0.05) is 22.8 Å². The van der Waals surface area contributed by atoms with Crippen LogP contribution in [-0.4, -0.2) is 15.7 Å². The van der Waals surface area contributed by atoms with Crippen molar-refractivity contribution in [1.82, 2.24) is 9.78 Å².